The molecular weight excluding hydrogens is 318 g/mol. The van der Waals surface area contributed by atoms with Crippen molar-refractivity contribution < 1.29 is 9.47 Å². The standard InChI is InChI=1S/C18H21N5O2/c1-11-18(21-14-5-4-13(24-3)8-16(14)20-11)22-15-6-7-25-17(15)12-9-19-23(2)10-12/h4-5,8-10,15,17H,6-7H2,1-3H3,(H,21,22)/t15-,17+/m0/s1. The van der Waals surface area contributed by atoms with Gasteiger partial charge in [-0.15, -0.1) is 0 Å². The predicted octanol–water partition coefficient (Wildman–Crippen LogP) is 2.62. The van der Waals surface area contributed by atoms with Gasteiger partial charge in [-0.3, -0.25) is 4.68 Å². The molecule has 1 saturated heterocycles. The second-order valence-electron chi connectivity index (χ2n) is 6.29. The van der Waals surface area contributed by atoms with Gasteiger partial charge in [-0.25, -0.2) is 9.97 Å². The van der Waals surface area contributed by atoms with E-state index in [2.05, 4.69) is 15.4 Å². The molecule has 2 atom stereocenters. The molecule has 3 heterocycles. The predicted molar refractivity (Wildman–Crippen MR) is 94.8 cm³/mol. The number of aryl methyl sites for hydroxylation is 2. The van der Waals surface area contributed by atoms with Crippen molar-refractivity contribution in [3.63, 3.8) is 0 Å². The molecule has 0 unspecified atom stereocenters. The van der Waals surface area contributed by atoms with E-state index in [9.17, 15) is 0 Å². The average Bonchev–Trinajstić information content (AvgIpc) is 3.23. The molecule has 0 radical (unpaired) electrons. The molecule has 0 saturated carbocycles. The van der Waals surface area contributed by atoms with Crippen LogP contribution in [0.25, 0.3) is 11.0 Å². The van der Waals surface area contributed by atoms with Crippen LogP contribution in [0.1, 0.15) is 23.8 Å². The number of hydrogen-bond acceptors (Lipinski definition) is 6. The van der Waals surface area contributed by atoms with Crippen molar-refractivity contribution in [2.24, 2.45) is 7.05 Å². The number of nitrogens with one attached hydrogen (secondary N) is 1. The van der Waals surface area contributed by atoms with Crippen molar-refractivity contribution in [2.75, 3.05) is 19.0 Å². The van der Waals surface area contributed by atoms with Gasteiger partial charge in [0.15, 0.2) is 0 Å². The lowest BCUT2D eigenvalue weighted by Gasteiger charge is -2.20. The van der Waals surface area contributed by atoms with E-state index in [1.165, 1.54) is 0 Å². The molecule has 1 aliphatic rings. The normalized spacial score (nSPS) is 20.1. The number of ether oxygens (including phenoxy) is 2. The summed E-state index contributed by atoms with van der Waals surface area (Å²) in [5.74, 6) is 1.57. The zero-order valence-corrected chi connectivity index (χ0v) is 14.6. The highest BCUT2D eigenvalue weighted by Gasteiger charge is 2.31. The number of fused-ring (bicyclic) bond motifs is 1. The van der Waals surface area contributed by atoms with Gasteiger partial charge in [0.1, 0.15) is 17.7 Å². The molecule has 1 N–H and O–H groups in total. The van der Waals surface area contributed by atoms with Crippen molar-refractivity contribution in [3.8, 4) is 5.75 Å². The third kappa shape index (κ3) is 3.02. The van der Waals surface area contributed by atoms with Crippen LogP contribution in [-0.2, 0) is 11.8 Å². The van der Waals surface area contributed by atoms with Gasteiger partial charge in [-0.2, -0.15) is 5.10 Å². The van der Waals surface area contributed by atoms with Crippen LogP contribution < -0.4 is 10.1 Å². The van der Waals surface area contributed by atoms with Crippen molar-refractivity contribution in [2.45, 2.75) is 25.5 Å². The van der Waals surface area contributed by atoms with Crippen LogP contribution in [0.5, 0.6) is 5.75 Å². The molecule has 1 aromatic carbocycles. The zero-order valence-electron chi connectivity index (χ0n) is 14.6. The molecule has 7 nitrogen and oxygen atoms in total. The number of anilines is 1. The number of nitrogens with zero attached hydrogens (tertiary/aromatic N) is 4. The van der Waals surface area contributed by atoms with Crippen LogP contribution in [0.2, 0.25) is 0 Å². The Morgan fingerprint density at radius 1 is 1.28 bits per heavy atom. The summed E-state index contributed by atoms with van der Waals surface area (Å²) in [7, 11) is 3.56. The number of methoxy groups -OCH3 is 1. The van der Waals surface area contributed by atoms with Crippen LogP contribution >= 0.6 is 0 Å². The first-order chi connectivity index (χ1) is 12.1. The van der Waals surface area contributed by atoms with Gasteiger partial charge >= 0.3 is 0 Å². The molecule has 3 aromatic rings. The smallest absolute Gasteiger partial charge is 0.148 e. The minimum atomic E-state index is -0.0264. The van der Waals surface area contributed by atoms with E-state index in [0.29, 0.717) is 6.61 Å². The van der Waals surface area contributed by atoms with Gasteiger partial charge < -0.3 is 14.8 Å². The summed E-state index contributed by atoms with van der Waals surface area (Å²) in [4.78, 5) is 9.41. The van der Waals surface area contributed by atoms with Gasteiger partial charge in [0, 0.05) is 31.5 Å². The number of benzene rings is 1. The SMILES string of the molecule is COc1ccc2nc(N[C@H]3CCO[C@@H]3c3cnn(C)c3)c(C)nc2c1. The molecule has 2 aromatic heterocycles. The Morgan fingerprint density at radius 3 is 2.92 bits per heavy atom. The van der Waals surface area contributed by atoms with E-state index in [1.807, 2.05) is 44.6 Å². The molecule has 0 aliphatic carbocycles. The lowest BCUT2D eigenvalue weighted by molar-refractivity contribution is 0.107. The molecule has 25 heavy (non-hydrogen) atoms. The van der Waals surface area contributed by atoms with Gasteiger partial charge in [-0.1, -0.05) is 0 Å². The summed E-state index contributed by atoms with van der Waals surface area (Å²) >= 11 is 0. The molecule has 4 rings (SSSR count). The van der Waals surface area contributed by atoms with E-state index in [0.717, 1.165) is 40.3 Å². The summed E-state index contributed by atoms with van der Waals surface area (Å²) in [5, 5.41) is 7.77. The largest absolute Gasteiger partial charge is 0.497 e. The van der Waals surface area contributed by atoms with Crippen molar-refractivity contribution in [3.05, 3.63) is 41.9 Å². The fourth-order valence-corrected chi connectivity index (χ4v) is 3.21. The lowest BCUT2D eigenvalue weighted by atomic mass is 10.1. The Hall–Kier alpha value is -2.67. The maximum absolute atomic E-state index is 5.91. The van der Waals surface area contributed by atoms with Crippen LogP contribution in [-0.4, -0.2) is 39.5 Å². The Balaban J connectivity index is 1.62. The molecule has 0 spiro atoms. The Morgan fingerprint density at radius 2 is 2.16 bits per heavy atom. The third-order valence-corrected chi connectivity index (χ3v) is 4.51. The van der Waals surface area contributed by atoms with E-state index in [1.54, 1.807) is 11.8 Å². The van der Waals surface area contributed by atoms with E-state index in [4.69, 9.17) is 14.5 Å². The third-order valence-electron chi connectivity index (χ3n) is 4.51. The van der Waals surface area contributed by atoms with Gasteiger partial charge in [0.2, 0.25) is 0 Å². The average molecular weight is 339 g/mol. The Kier molecular flexibility index (Phi) is 4.01. The molecule has 0 bridgehead atoms. The van der Waals surface area contributed by atoms with Crippen LogP contribution in [0.4, 0.5) is 5.82 Å². The summed E-state index contributed by atoms with van der Waals surface area (Å²) < 4.78 is 13.0. The minimum absolute atomic E-state index is 0.0264. The monoisotopic (exact) mass is 339 g/mol. The zero-order chi connectivity index (χ0) is 17.4. The van der Waals surface area contributed by atoms with Gasteiger partial charge in [0.05, 0.1) is 36.1 Å². The fourth-order valence-electron chi connectivity index (χ4n) is 3.21. The van der Waals surface area contributed by atoms with E-state index in [-0.39, 0.29) is 12.1 Å². The summed E-state index contributed by atoms with van der Waals surface area (Å²) in [5.41, 5.74) is 3.60. The number of hydrogen-bond donors (Lipinski definition) is 1. The van der Waals surface area contributed by atoms with Gasteiger partial charge in [0.25, 0.3) is 0 Å². The van der Waals surface area contributed by atoms with Crippen molar-refractivity contribution >= 4 is 16.9 Å². The quantitative estimate of drug-likeness (QED) is 0.788. The molecule has 0 amide bonds. The molecule has 1 fully saturated rings. The highest BCUT2D eigenvalue weighted by molar-refractivity contribution is 5.78. The first-order valence-electron chi connectivity index (χ1n) is 8.33. The van der Waals surface area contributed by atoms with Crippen LogP contribution in [0, 0.1) is 6.92 Å². The van der Waals surface area contributed by atoms with Gasteiger partial charge in [-0.05, 0) is 25.5 Å². The topological polar surface area (TPSA) is 74.1 Å². The molecule has 130 valence electrons. The molecular formula is C18H21N5O2. The number of aromatic nitrogens is 4. The maximum atomic E-state index is 5.91. The summed E-state index contributed by atoms with van der Waals surface area (Å²) in [6.07, 6.45) is 4.74. The number of rotatable bonds is 4. The molecule has 1 aliphatic heterocycles. The van der Waals surface area contributed by atoms with Crippen molar-refractivity contribution in [1.29, 1.82) is 0 Å². The fraction of sp³-hybridized carbons (Fsp3) is 0.389. The van der Waals surface area contributed by atoms with E-state index >= 15 is 0 Å². The second kappa shape index (κ2) is 6.33. The van der Waals surface area contributed by atoms with E-state index < -0.39 is 0 Å². The minimum Gasteiger partial charge on any atom is -0.497 e. The first kappa shape index (κ1) is 15.8. The summed E-state index contributed by atoms with van der Waals surface area (Å²) in [6, 6.07) is 5.87. The maximum Gasteiger partial charge on any atom is 0.148 e. The Labute approximate surface area is 146 Å². The van der Waals surface area contributed by atoms with Crippen LogP contribution in [0.3, 0.4) is 0 Å². The lowest BCUT2D eigenvalue weighted by Crippen LogP contribution is -2.24. The first-order valence-corrected chi connectivity index (χ1v) is 8.33. The summed E-state index contributed by atoms with van der Waals surface area (Å²) in [6.45, 7) is 2.68. The highest BCUT2D eigenvalue weighted by Crippen LogP contribution is 2.32. The van der Waals surface area contributed by atoms with Crippen molar-refractivity contribution in [1.82, 2.24) is 19.7 Å². The van der Waals surface area contributed by atoms with Crippen LogP contribution in [0.15, 0.2) is 30.6 Å². The molecule has 7 heteroatoms. The highest BCUT2D eigenvalue weighted by atomic mass is 16.5. The second-order valence-corrected chi connectivity index (χ2v) is 6.29. The Bertz CT molecular complexity index is 908.